The summed E-state index contributed by atoms with van der Waals surface area (Å²) in [7, 11) is 0. The molecule has 0 saturated heterocycles. The van der Waals surface area contributed by atoms with Gasteiger partial charge in [-0.2, -0.15) is 0 Å². The molecule has 1 unspecified atom stereocenters. The molecule has 1 atom stereocenters. The largest absolute Gasteiger partial charge is 0.467 e. The molecule has 0 aromatic carbocycles. The molecule has 0 saturated carbocycles. The summed E-state index contributed by atoms with van der Waals surface area (Å²) in [5.41, 5.74) is 3.03. The van der Waals surface area contributed by atoms with Crippen molar-refractivity contribution in [3.05, 3.63) is 48.7 Å². The number of hydrogen-bond acceptors (Lipinski definition) is 3. The van der Waals surface area contributed by atoms with Gasteiger partial charge in [0.2, 0.25) is 5.91 Å². The molecule has 0 fully saturated rings. The lowest BCUT2D eigenvalue weighted by Crippen LogP contribution is -2.40. The van der Waals surface area contributed by atoms with Crippen LogP contribution in [0.1, 0.15) is 12.7 Å². The van der Waals surface area contributed by atoms with Crippen molar-refractivity contribution >= 4 is 5.91 Å². The Balaban J connectivity index is 1.79. The molecular formula is C12H15N3O2. The molecule has 5 nitrogen and oxygen atoms in total. The number of aromatic nitrogens is 1. The van der Waals surface area contributed by atoms with Gasteiger partial charge in [0.1, 0.15) is 11.8 Å². The minimum atomic E-state index is -0.308. The quantitative estimate of drug-likeness (QED) is 0.819. The molecule has 2 rings (SSSR count). The van der Waals surface area contributed by atoms with Gasteiger partial charge < -0.3 is 15.2 Å². The number of nitrogens with zero attached hydrogens (tertiary/aromatic N) is 1. The van der Waals surface area contributed by atoms with Crippen molar-refractivity contribution in [2.75, 3.05) is 5.43 Å². The Morgan fingerprint density at radius 3 is 2.82 bits per heavy atom. The van der Waals surface area contributed by atoms with Gasteiger partial charge in [0, 0.05) is 12.4 Å². The van der Waals surface area contributed by atoms with Crippen LogP contribution in [0.4, 0.5) is 0 Å². The molecular weight excluding hydrogens is 218 g/mol. The Hall–Kier alpha value is -2.17. The summed E-state index contributed by atoms with van der Waals surface area (Å²) in [5.74, 6) is 0.668. The van der Waals surface area contributed by atoms with Gasteiger partial charge >= 0.3 is 0 Å². The molecule has 17 heavy (non-hydrogen) atoms. The molecule has 0 spiro atoms. The van der Waals surface area contributed by atoms with Crippen LogP contribution in [0, 0.1) is 0 Å². The Bertz CT molecular complexity index is 448. The summed E-state index contributed by atoms with van der Waals surface area (Å²) in [4.78, 5) is 11.7. The number of carbonyl (C=O) groups excluding carboxylic acids is 1. The Morgan fingerprint density at radius 2 is 2.18 bits per heavy atom. The average Bonchev–Trinajstić information content (AvgIpc) is 2.98. The molecule has 0 bridgehead atoms. The topological polar surface area (TPSA) is 59.2 Å². The molecule has 0 aliphatic heterocycles. The highest BCUT2D eigenvalue weighted by atomic mass is 16.3. The van der Waals surface area contributed by atoms with Crippen LogP contribution in [0.25, 0.3) is 0 Å². The van der Waals surface area contributed by atoms with Crippen LogP contribution in [-0.4, -0.2) is 16.6 Å². The standard InChI is InChI=1S/C12H15N3O2/c1-10(14-15-6-2-3-7-15)12(16)13-9-11-5-4-8-17-11/h2-8,10,14H,9H2,1H3,(H,13,16). The summed E-state index contributed by atoms with van der Waals surface area (Å²) in [5, 5.41) is 2.79. The van der Waals surface area contributed by atoms with Gasteiger partial charge in [0.25, 0.3) is 0 Å². The van der Waals surface area contributed by atoms with Crippen molar-refractivity contribution in [2.24, 2.45) is 0 Å². The van der Waals surface area contributed by atoms with Crippen molar-refractivity contribution in [1.29, 1.82) is 0 Å². The third-order valence-corrected chi connectivity index (χ3v) is 2.36. The number of furan rings is 1. The highest BCUT2D eigenvalue weighted by Gasteiger charge is 2.12. The summed E-state index contributed by atoms with van der Waals surface area (Å²) in [6.07, 6.45) is 5.27. The van der Waals surface area contributed by atoms with E-state index in [4.69, 9.17) is 4.42 Å². The van der Waals surface area contributed by atoms with E-state index in [1.807, 2.05) is 30.6 Å². The molecule has 0 aliphatic rings. The number of hydrogen-bond donors (Lipinski definition) is 2. The fourth-order valence-corrected chi connectivity index (χ4v) is 1.44. The zero-order valence-corrected chi connectivity index (χ0v) is 9.59. The first kappa shape index (κ1) is 11.3. The van der Waals surface area contributed by atoms with Gasteiger partial charge in [-0.25, -0.2) is 0 Å². The lowest BCUT2D eigenvalue weighted by atomic mass is 10.3. The molecule has 2 N–H and O–H groups in total. The Labute approximate surface area is 99.4 Å². The minimum Gasteiger partial charge on any atom is -0.467 e. The zero-order chi connectivity index (χ0) is 12.1. The van der Waals surface area contributed by atoms with E-state index in [1.165, 1.54) is 0 Å². The highest BCUT2D eigenvalue weighted by molar-refractivity contribution is 5.82. The first-order chi connectivity index (χ1) is 8.25. The molecule has 1 amide bonds. The molecule has 2 heterocycles. The summed E-state index contributed by atoms with van der Waals surface area (Å²) >= 11 is 0. The molecule has 90 valence electrons. The van der Waals surface area contributed by atoms with Crippen molar-refractivity contribution in [3.63, 3.8) is 0 Å². The second-order valence-corrected chi connectivity index (χ2v) is 3.74. The number of carbonyl (C=O) groups is 1. The average molecular weight is 233 g/mol. The van der Waals surface area contributed by atoms with E-state index in [1.54, 1.807) is 23.9 Å². The van der Waals surface area contributed by atoms with E-state index in [9.17, 15) is 4.79 Å². The van der Waals surface area contributed by atoms with E-state index < -0.39 is 0 Å². The Morgan fingerprint density at radius 1 is 1.41 bits per heavy atom. The van der Waals surface area contributed by atoms with E-state index >= 15 is 0 Å². The van der Waals surface area contributed by atoms with Gasteiger partial charge in [-0.1, -0.05) is 0 Å². The van der Waals surface area contributed by atoms with Gasteiger partial charge in [-0.3, -0.25) is 9.47 Å². The van der Waals surface area contributed by atoms with E-state index in [-0.39, 0.29) is 11.9 Å². The molecule has 2 aromatic rings. The van der Waals surface area contributed by atoms with Crippen molar-refractivity contribution < 1.29 is 9.21 Å². The fraction of sp³-hybridized carbons (Fsp3) is 0.250. The lowest BCUT2D eigenvalue weighted by molar-refractivity contribution is -0.121. The van der Waals surface area contributed by atoms with Crippen LogP contribution in [0.5, 0.6) is 0 Å². The van der Waals surface area contributed by atoms with E-state index in [2.05, 4.69) is 10.7 Å². The minimum absolute atomic E-state index is 0.0740. The van der Waals surface area contributed by atoms with E-state index in [0.717, 1.165) is 5.76 Å². The monoisotopic (exact) mass is 233 g/mol. The predicted molar refractivity (Wildman–Crippen MR) is 63.8 cm³/mol. The van der Waals surface area contributed by atoms with Crippen LogP contribution in [-0.2, 0) is 11.3 Å². The van der Waals surface area contributed by atoms with E-state index in [0.29, 0.717) is 6.54 Å². The smallest absolute Gasteiger partial charge is 0.244 e. The van der Waals surface area contributed by atoms with Crippen LogP contribution < -0.4 is 10.7 Å². The third kappa shape index (κ3) is 3.14. The van der Waals surface area contributed by atoms with Gasteiger partial charge in [0.15, 0.2) is 0 Å². The van der Waals surface area contributed by atoms with Gasteiger partial charge in [-0.15, -0.1) is 0 Å². The predicted octanol–water partition coefficient (Wildman–Crippen LogP) is 1.33. The number of nitrogens with one attached hydrogen (secondary N) is 2. The summed E-state index contributed by atoms with van der Waals surface area (Å²) in [6, 6.07) is 7.09. The fourth-order valence-electron chi connectivity index (χ4n) is 1.44. The number of rotatable bonds is 5. The summed E-state index contributed by atoms with van der Waals surface area (Å²) < 4.78 is 6.88. The van der Waals surface area contributed by atoms with Crippen molar-refractivity contribution in [3.8, 4) is 0 Å². The van der Waals surface area contributed by atoms with Gasteiger partial charge in [0.05, 0.1) is 12.8 Å². The second kappa shape index (κ2) is 5.25. The first-order valence-electron chi connectivity index (χ1n) is 5.45. The zero-order valence-electron chi connectivity index (χ0n) is 9.59. The number of amides is 1. The van der Waals surface area contributed by atoms with Gasteiger partial charge in [-0.05, 0) is 31.2 Å². The molecule has 2 aromatic heterocycles. The first-order valence-corrected chi connectivity index (χ1v) is 5.45. The Kier molecular flexibility index (Phi) is 3.49. The highest BCUT2D eigenvalue weighted by Crippen LogP contribution is 1.99. The molecule has 5 heteroatoms. The normalized spacial score (nSPS) is 12.1. The lowest BCUT2D eigenvalue weighted by Gasteiger charge is -2.15. The SMILES string of the molecule is CC(Nn1cccc1)C(=O)NCc1ccco1. The van der Waals surface area contributed by atoms with Crippen LogP contribution >= 0.6 is 0 Å². The molecule has 0 aliphatic carbocycles. The van der Waals surface area contributed by atoms with Crippen LogP contribution in [0.3, 0.4) is 0 Å². The third-order valence-electron chi connectivity index (χ3n) is 2.36. The second-order valence-electron chi connectivity index (χ2n) is 3.74. The van der Waals surface area contributed by atoms with Crippen LogP contribution in [0.2, 0.25) is 0 Å². The maximum Gasteiger partial charge on any atom is 0.244 e. The maximum atomic E-state index is 11.7. The van der Waals surface area contributed by atoms with Crippen molar-refractivity contribution in [2.45, 2.75) is 19.5 Å². The molecule has 0 radical (unpaired) electrons. The summed E-state index contributed by atoms with van der Waals surface area (Å²) in [6.45, 7) is 2.21. The van der Waals surface area contributed by atoms with Crippen molar-refractivity contribution in [1.82, 2.24) is 9.99 Å². The maximum absolute atomic E-state index is 11.7. The van der Waals surface area contributed by atoms with Crippen LogP contribution in [0.15, 0.2) is 47.3 Å².